The summed E-state index contributed by atoms with van der Waals surface area (Å²) >= 11 is 6.16. The molecular formula is C19H24ClN3O3. The summed E-state index contributed by atoms with van der Waals surface area (Å²) in [5.41, 5.74) is 2.33. The molecule has 0 saturated heterocycles. The van der Waals surface area contributed by atoms with Gasteiger partial charge < -0.3 is 10.1 Å². The van der Waals surface area contributed by atoms with E-state index in [-0.39, 0.29) is 28.4 Å². The minimum atomic E-state index is -0.648. The van der Waals surface area contributed by atoms with Crippen LogP contribution in [0.1, 0.15) is 59.8 Å². The Labute approximate surface area is 158 Å². The standard InChI is InChI=1S/C19H24ClN3O3/c1-6-26-18(25)15-14(20)16(23(5)22-15)17(24)21-11-12-7-9-13(10-8-12)19(2,3)4/h7-10H,6,11H2,1-5H3,(H,21,24). The normalized spacial score (nSPS) is 11.3. The highest BCUT2D eigenvalue weighted by molar-refractivity contribution is 6.36. The van der Waals surface area contributed by atoms with E-state index < -0.39 is 11.9 Å². The molecule has 0 spiro atoms. The van der Waals surface area contributed by atoms with Gasteiger partial charge in [0, 0.05) is 13.6 Å². The first-order valence-electron chi connectivity index (χ1n) is 8.42. The van der Waals surface area contributed by atoms with Gasteiger partial charge in [0.05, 0.1) is 6.61 Å². The molecule has 0 radical (unpaired) electrons. The number of hydrogen-bond acceptors (Lipinski definition) is 4. The van der Waals surface area contributed by atoms with Gasteiger partial charge in [-0.25, -0.2) is 4.79 Å². The maximum absolute atomic E-state index is 12.5. The monoisotopic (exact) mass is 377 g/mol. The second-order valence-corrected chi connectivity index (χ2v) is 7.36. The first-order valence-corrected chi connectivity index (χ1v) is 8.80. The Morgan fingerprint density at radius 2 is 1.85 bits per heavy atom. The summed E-state index contributed by atoms with van der Waals surface area (Å²) in [7, 11) is 1.56. The Balaban J connectivity index is 2.10. The maximum Gasteiger partial charge on any atom is 0.360 e. The van der Waals surface area contributed by atoms with Gasteiger partial charge in [0.2, 0.25) is 0 Å². The number of carbonyl (C=O) groups excluding carboxylic acids is 2. The fourth-order valence-corrected chi connectivity index (χ4v) is 2.79. The smallest absolute Gasteiger partial charge is 0.360 e. The number of benzene rings is 1. The van der Waals surface area contributed by atoms with E-state index in [1.54, 1.807) is 14.0 Å². The number of halogens is 1. The molecule has 140 valence electrons. The van der Waals surface area contributed by atoms with Gasteiger partial charge in [0.15, 0.2) is 5.69 Å². The molecule has 0 saturated carbocycles. The molecule has 0 aliphatic rings. The number of aryl methyl sites for hydroxylation is 1. The Hall–Kier alpha value is -2.34. The summed E-state index contributed by atoms with van der Waals surface area (Å²) in [5, 5.41) is 6.79. The first-order chi connectivity index (χ1) is 12.1. The van der Waals surface area contributed by atoms with Gasteiger partial charge in [0.1, 0.15) is 10.7 Å². The molecule has 7 heteroatoms. The second-order valence-electron chi connectivity index (χ2n) is 6.98. The molecule has 2 aromatic rings. The van der Waals surface area contributed by atoms with Gasteiger partial charge in [-0.15, -0.1) is 0 Å². The molecule has 0 fully saturated rings. The quantitative estimate of drug-likeness (QED) is 0.809. The molecule has 1 heterocycles. The molecule has 26 heavy (non-hydrogen) atoms. The minimum Gasteiger partial charge on any atom is -0.461 e. The molecule has 6 nitrogen and oxygen atoms in total. The molecule has 1 N–H and O–H groups in total. The van der Waals surface area contributed by atoms with Crippen LogP contribution in [0.5, 0.6) is 0 Å². The van der Waals surface area contributed by atoms with Crippen LogP contribution in [0, 0.1) is 0 Å². The van der Waals surface area contributed by atoms with Crippen molar-refractivity contribution < 1.29 is 14.3 Å². The topological polar surface area (TPSA) is 73.2 Å². The van der Waals surface area contributed by atoms with Gasteiger partial charge >= 0.3 is 5.97 Å². The van der Waals surface area contributed by atoms with E-state index in [0.717, 1.165) is 5.56 Å². The van der Waals surface area contributed by atoms with Gasteiger partial charge in [0.25, 0.3) is 5.91 Å². The van der Waals surface area contributed by atoms with Crippen LogP contribution < -0.4 is 5.32 Å². The number of amides is 1. The zero-order valence-electron chi connectivity index (χ0n) is 15.7. The molecule has 0 atom stereocenters. The number of esters is 1. The lowest BCUT2D eigenvalue weighted by molar-refractivity contribution is 0.0518. The summed E-state index contributed by atoms with van der Waals surface area (Å²) in [5.74, 6) is -1.05. The van der Waals surface area contributed by atoms with Crippen molar-refractivity contribution in [1.29, 1.82) is 0 Å². The SMILES string of the molecule is CCOC(=O)c1nn(C)c(C(=O)NCc2ccc(C(C)(C)C)cc2)c1Cl. The Morgan fingerprint density at radius 3 is 2.38 bits per heavy atom. The number of ether oxygens (including phenoxy) is 1. The zero-order valence-corrected chi connectivity index (χ0v) is 16.5. The molecular weight excluding hydrogens is 354 g/mol. The van der Waals surface area contributed by atoms with E-state index in [1.807, 2.05) is 12.1 Å². The Bertz CT molecular complexity index is 805. The number of aromatic nitrogens is 2. The van der Waals surface area contributed by atoms with E-state index in [4.69, 9.17) is 16.3 Å². The molecule has 2 rings (SSSR count). The van der Waals surface area contributed by atoms with E-state index >= 15 is 0 Å². The summed E-state index contributed by atoms with van der Waals surface area (Å²) in [6, 6.07) is 8.07. The van der Waals surface area contributed by atoms with Crippen LogP contribution in [0.3, 0.4) is 0 Å². The largest absolute Gasteiger partial charge is 0.461 e. The van der Waals surface area contributed by atoms with E-state index in [2.05, 4.69) is 43.3 Å². The summed E-state index contributed by atoms with van der Waals surface area (Å²) in [6.45, 7) is 8.69. The first kappa shape index (κ1) is 20.0. The Kier molecular flexibility index (Phi) is 6.08. The third-order valence-electron chi connectivity index (χ3n) is 3.95. The zero-order chi connectivity index (χ0) is 19.5. The molecule has 1 aromatic heterocycles. The van der Waals surface area contributed by atoms with Gasteiger partial charge in [-0.2, -0.15) is 5.10 Å². The third kappa shape index (κ3) is 4.43. The molecule has 0 bridgehead atoms. The fraction of sp³-hybridized carbons (Fsp3) is 0.421. The van der Waals surface area contributed by atoms with Crippen molar-refractivity contribution in [1.82, 2.24) is 15.1 Å². The van der Waals surface area contributed by atoms with Crippen molar-refractivity contribution in [2.75, 3.05) is 6.61 Å². The summed E-state index contributed by atoms with van der Waals surface area (Å²) < 4.78 is 6.18. The average Bonchev–Trinajstić information content (AvgIpc) is 2.87. The second kappa shape index (κ2) is 7.91. The van der Waals surface area contributed by atoms with Crippen LogP contribution in [0.4, 0.5) is 0 Å². The highest BCUT2D eigenvalue weighted by atomic mass is 35.5. The number of rotatable bonds is 5. The van der Waals surface area contributed by atoms with Crippen LogP contribution in [0.15, 0.2) is 24.3 Å². The maximum atomic E-state index is 12.5. The van der Waals surface area contributed by atoms with Crippen molar-refractivity contribution >= 4 is 23.5 Å². The van der Waals surface area contributed by atoms with Crippen LogP contribution in [-0.2, 0) is 23.7 Å². The number of nitrogens with one attached hydrogen (secondary N) is 1. The highest BCUT2D eigenvalue weighted by Gasteiger charge is 2.25. The predicted molar refractivity (Wildman–Crippen MR) is 100 cm³/mol. The molecule has 0 aliphatic heterocycles. The molecule has 1 amide bonds. The lowest BCUT2D eigenvalue weighted by Gasteiger charge is -2.19. The molecule has 0 unspecified atom stereocenters. The third-order valence-corrected chi connectivity index (χ3v) is 4.30. The number of nitrogens with zero attached hydrogens (tertiary/aromatic N) is 2. The van der Waals surface area contributed by atoms with Crippen molar-refractivity contribution in [3.05, 3.63) is 51.8 Å². The molecule has 1 aromatic carbocycles. The van der Waals surface area contributed by atoms with Crippen LogP contribution >= 0.6 is 11.6 Å². The van der Waals surface area contributed by atoms with Crippen LogP contribution in [0.2, 0.25) is 5.02 Å². The number of carbonyl (C=O) groups is 2. The fourth-order valence-electron chi connectivity index (χ4n) is 2.46. The van der Waals surface area contributed by atoms with Crippen molar-refractivity contribution in [2.45, 2.75) is 39.7 Å². The van der Waals surface area contributed by atoms with E-state index in [0.29, 0.717) is 6.54 Å². The van der Waals surface area contributed by atoms with Crippen molar-refractivity contribution in [2.24, 2.45) is 7.05 Å². The predicted octanol–water partition coefficient (Wildman–Crippen LogP) is 3.48. The molecule has 0 aliphatic carbocycles. The van der Waals surface area contributed by atoms with Gasteiger partial charge in [-0.3, -0.25) is 9.48 Å². The summed E-state index contributed by atoms with van der Waals surface area (Å²) in [4.78, 5) is 24.3. The van der Waals surface area contributed by atoms with Crippen LogP contribution in [-0.4, -0.2) is 28.3 Å². The van der Waals surface area contributed by atoms with E-state index in [9.17, 15) is 9.59 Å². The minimum absolute atomic E-state index is 0.00784. The Morgan fingerprint density at radius 1 is 1.23 bits per heavy atom. The van der Waals surface area contributed by atoms with Crippen LogP contribution in [0.25, 0.3) is 0 Å². The average molecular weight is 378 g/mol. The lowest BCUT2D eigenvalue weighted by atomic mass is 9.87. The van der Waals surface area contributed by atoms with Crippen molar-refractivity contribution in [3.8, 4) is 0 Å². The van der Waals surface area contributed by atoms with Gasteiger partial charge in [-0.05, 0) is 23.5 Å². The summed E-state index contributed by atoms with van der Waals surface area (Å²) in [6.07, 6.45) is 0. The highest BCUT2D eigenvalue weighted by Crippen LogP contribution is 2.23. The number of hydrogen-bond donors (Lipinski definition) is 1. The van der Waals surface area contributed by atoms with E-state index in [1.165, 1.54) is 10.2 Å². The van der Waals surface area contributed by atoms with Crippen molar-refractivity contribution in [3.63, 3.8) is 0 Å². The lowest BCUT2D eigenvalue weighted by Crippen LogP contribution is -2.25. The van der Waals surface area contributed by atoms with Gasteiger partial charge in [-0.1, -0.05) is 56.6 Å².